The van der Waals surface area contributed by atoms with Crippen molar-refractivity contribution >= 4 is 11.9 Å². The van der Waals surface area contributed by atoms with Gasteiger partial charge in [0, 0.05) is 12.8 Å². The molecule has 0 aliphatic heterocycles. The molecule has 0 spiro atoms. The number of esters is 2. The lowest BCUT2D eigenvalue weighted by Gasteiger charge is -2.15. The first-order chi connectivity index (χ1) is 37.6. The van der Waals surface area contributed by atoms with E-state index in [2.05, 4.69) is 123 Å². The second-order valence-electron chi connectivity index (χ2n) is 21.5. The number of rotatable bonds is 59. The third-order valence-electron chi connectivity index (χ3n) is 14.1. The van der Waals surface area contributed by atoms with Crippen LogP contribution in [-0.4, -0.2) is 36.4 Å². The maximum atomic E-state index is 12.3. The van der Waals surface area contributed by atoms with E-state index in [1.165, 1.54) is 193 Å². The first kappa shape index (κ1) is 72.6. The highest BCUT2D eigenvalue weighted by Gasteiger charge is 2.16. The summed E-state index contributed by atoms with van der Waals surface area (Å²) in [4.78, 5) is 24.6. The number of aliphatic hydroxyl groups is 1. The predicted molar refractivity (Wildman–Crippen MR) is 334 cm³/mol. The molecule has 76 heavy (non-hydrogen) atoms. The van der Waals surface area contributed by atoms with E-state index in [9.17, 15) is 14.7 Å². The standard InChI is InChI=1S/C71H122O5/c1-3-5-7-9-11-13-15-17-19-21-23-25-27-29-31-33-34-35-36-38-39-41-43-45-47-49-51-53-55-57-59-61-63-65-70(73)75-68-69(67-72)76-71(74)66-64-62-60-58-56-54-52-50-48-46-44-42-40-37-32-30-28-26-24-22-20-18-16-14-12-10-8-6-4-2/h6,8,12,14,18,20,24,26,30,32,40,42,46,48,52,54,58,60,69,72H,3-5,7,9-11,13,15-17,19,21-23,25,27-29,31,33-39,41,43-45,47,49-51,53,55-57,59,61-68H2,1-2H3/b8-6-,14-12-,20-18-,26-24-,32-30-,42-40-,48-46-,54-52-,60-58-. The number of ether oxygens (including phenoxy) is 2. The van der Waals surface area contributed by atoms with Crippen LogP contribution >= 0.6 is 0 Å². The molecule has 0 aromatic rings. The van der Waals surface area contributed by atoms with Gasteiger partial charge in [-0.3, -0.25) is 9.59 Å². The van der Waals surface area contributed by atoms with E-state index in [0.29, 0.717) is 12.8 Å². The van der Waals surface area contributed by atoms with Crippen LogP contribution < -0.4 is 0 Å². The fraction of sp³-hybridized carbons (Fsp3) is 0.718. The Kier molecular flexibility index (Phi) is 62.9. The van der Waals surface area contributed by atoms with Gasteiger partial charge in [-0.2, -0.15) is 0 Å². The van der Waals surface area contributed by atoms with Crippen molar-refractivity contribution in [2.75, 3.05) is 13.2 Å². The summed E-state index contributed by atoms with van der Waals surface area (Å²) in [6.45, 7) is 4.01. The van der Waals surface area contributed by atoms with Crippen LogP contribution in [0.3, 0.4) is 0 Å². The predicted octanol–water partition coefficient (Wildman–Crippen LogP) is 22.4. The van der Waals surface area contributed by atoms with Crippen LogP contribution in [0.15, 0.2) is 109 Å². The van der Waals surface area contributed by atoms with Crippen molar-refractivity contribution in [2.24, 2.45) is 0 Å². The maximum Gasteiger partial charge on any atom is 0.306 e. The average molecular weight is 1060 g/mol. The van der Waals surface area contributed by atoms with Gasteiger partial charge in [0.25, 0.3) is 0 Å². The topological polar surface area (TPSA) is 72.8 Å². The molecule has 1 unspecified atom stereocenters. The molecule has 0 aromatic carbocycles. The number of carbonyl (C=O) groups excluding carboxylic acids is 2. The largest absolute Gasteiger partial charge is 0.462 e. The molecular formula is C71H122O5. The third kappa shape index (κ3) is 63.1. The summed E-state index contributed by atoms with van der Waals surface area (Å²) in [6.07, 6.45) is 95.4. The highest BCUT2D eigenvalue weighted by molar-refractivity contribution is 5.70. The Bertz CT molecular complexity index is 1470. The first-order valence-corrected chi connectivity index (χ1v) is 32.4. The summed E-state index contributed by atoms with van der Waals surface area (Å²) in [6, 6.07) is 0. The Balaban J connectivity index is 3.54. The minimum atomic E-state index is -0.810. The van der Waals surface area contributed by atoms with Gasteiger partial charge in [-0.1, -0.05) is 329 Å². The van der Waals surface area contributed by atoms with Crippen LogP contribution in [0.4, 0.5) is 0 Å². The van der Waals surface area contributed by atoms with Crippen LogP contribution in [0.5, 0.6) is 0 Å². The van der Waals surface area contributed by atoms with E-state index in [-0.39, 0.29) is 31.6 Å². The Morgan fingerprint density at radius 3 is 0.842 bits per heavy atom. The molecule has 5 nitrogen and oxygen atoms in total. The molecule has 0 heterocycles. The first-order valence-electron chi connectivity index (χ1n) is 32.4. The SMILES string of the molecule is CC/C=C\C/C=C\C/C=C\C/C=C\C/C=C\C/C=C\C/C=C\C/C=C\C/C=C\CCCC(=O)OC(CO)COC(=O)CCCCCCCCCCCCCCCCCCCCCCCCCCCCCCCCCCC. The molecule has 1 atom stereocenters. The molecule has 0 saturated carbocycles. The van der Waals surface area contributed by atoms with Crippen LogP contribution in [-0.2, 0) is 19.1 Å². The minimum absolute atomic E-state index is 0.0926. The van der Waals surface area contributed by atoms with E-state index in [0.717, 1.165) is 83.5 Å². The lowest BCUT2D eigenvalue weighted by molar-refractivity contribution is -0.161. The van der Waals surface area contributed by atoms with Crippen molar-refractivity contribution < 1.29 is 24.2 Å². The van der Waals surface area contributed by atoms with Crippen LogP contribution in [0.2, 0.25) is 0 Å². The summed E-state index contributed by atoms with van der Waals surface area (Å²) in [5, 5.41) is 9.67. The summed E-state index contributed by atoms with van der Waals surface area (Å²) in [7, 11) is 0. The van der Waals surface area contributed by atoms with Gasteiger partial charge >= 0.3 is 11.9 Å². The number of carbonyl (C=O) groups is 2. The summed E-state index contributed by atoms with van der Waals surface area (Å²) in [5.41, 5.74) is 0. The van der Waals surface area contributed by atoms with Crippen molar-refractivity contribution in [3.8, 4) is 0 Å². The zero-order valence-corrected chi connectivity index (χ0v) is 50.0. The zero-order chi connectivity index (χ0) is 54.8. The molecule has 436 valence electrons. The van der Waals surface area contributed by atoms with E-state index >= 15 is 0 Å². The minimum Gasteiger partial charge on any atom is -0.462 e. The monoisotopic (exact) mass is 1050 g/mol. The highest BCUT2D eigenvalue weighted by atomic mass is 16.6. The molecule has 0 rings (SSSR count). The summed E-state index contributed by atoms with van der Waals surface area (Å²) >= 11 is 0. The van der Waals surface area contributed by atoms with Crippen molar-refractivity contribution in [3.05, 3.63) is 109 Å². The van der Waals surface area contributed by atoms with Gasteiger partial charge in [0.2, 0.25) is 0 Å². The Morgan fingerprint density at radius 2 is 0.566 bits per heavy atom. The lowest BCUT2D eigenvalue weighted by atomic mass is 10.0. The van der Waals surface area contributed by atoms with E-state index < -0.39 is 6.10 Å². The van der Waals surface area contributed by atoms with Gasteiger partial charge < -0.3 is 14.6 Å². The quantitative estimate of drug-likeness (QED) is 0.0373. The number of hydrogen-bond acceptors (Lipinski definition) is 5. The van der Waals surface area contributed by atoms with Crippen molar-refractivity contribution in [2.45, 2.75) is 315 Å². The number of allylic oxidation sites excluding steroid dienone is 18. The van der Waals surface area contributed by atoms with Gasteiger partial charge in [0.1, 0.15) is 6.61 Å². The van der Waals surface area contributed by atoms with Crippen molar-refractivity contribution in [1.29, 1.82) is 0 Å². The molecule has 5 heteroatoms. The van der Waals surface area contributed by atoms with E-state index in [1.54, 1.807) is 0 Å². The van der Waals surface area contributed by atoms with Crippen molar-refractivity contribution in [1.82, 2.24) is 0 Å². The maximum absolute atomic E-state index is 12.3. The average Bonchev–Trinajstić information content (AvgIpc) is 3.42. The molecule has 0 amide bonds. The van der Waals surface area contributed by atoms with Crippen LogP contribution in [0, 0.1) is 0 Å². The number of aliphatic hydroxyl groups excluding tert-OH is 1. The van der Waals surface area contributed by atoms with E-state index in [4.69, 9.17) is 9.47 Å². The van der Waals surface area contributed by atoms with Gasteiger partial charge in [-0.25, -0.2) is 0 Å². The van der Waals surface area contributed by atoms with E-state index in [1.807, 2.05) is 0 Å². The van der Waals surface area contributed by atoms with Gasteiger partial charge in [0.05, 0.1) is 6.61 Å². The molecule has 0 saturated heterocycles. The molecule has 0 radical (unpaired) electrons. The number of unbranched alkanes of at least 4 members (excludes halogenated alkanes) is 33. The van der Waals surface area contributed by atoms with Crippen molar-refractivity contribution in [3.63, 3.8) is 0 Å². The second kappa shape index (κ2) is 65.8. The van der Waals surface area contributed by atoms with Crippen LogP contribution in [0.25, 0.3) is 0 Å². The second-order valence-corrected chi connectivity index (χ2v) is 21.5. The normalized spacial score (nSPS) is 12.9. The molecule has 0 aliphatic rings. The van der Waals surface area contributed by atoms with Gasteiger partial charge in [-0.05, 0) is 77.0 Å². The fourth-order valence-electron chi connectivity index (χ4n) is 9.27. The number of hydrogen-bond donors (Lipinski definition) is 1. The molecule has 1 N–H and O–H groups in total. The Morgan fingerprint density at radius 1 is 0.316 bits per heavy atom. The molecular weight excluding hydrogens is 933 g/mol. The Labute approximate surface area is 471 Å². The summed E-state index contributed by atoms with van der Waals surface area (Å²) < 4.78 is 10.7. The lowest BCUT2D eigenvalue weighted by Crippen LogP contribution is -2.28. The fourth-order valence-corrected chi connectivity index (χ4v) is 9.27. The molecule has 0 aromatic heterocycles. The molecule has 0 bridgehead atoms. The molecule has 0 fully saturated rings. The summed E-state index contributed by atoms with van der Waals surface area (Å²) in [5.74, 6) is -0.656. The van der Waals surface area contributed by atoms with Gasteiger partial charge in [0.15, 0.2) is 6.10 Å². The third-order valence-corrected chi connectivity index (χ3v) is 14.1. The molecule has 0 aliphatic carbocycles. The smallest absolute Gasteiger partial charge is 0.306 e. The zero-order valence-electron chi connectivity index (χ0n) is 50.0. The highest BCUT2D eigenvalue weighted by Crippen LogP contribution is 2.18. The Hall–Kier alpha value is -3.44. The van der Waals surface area contributed by atoms with Crippen LogP contribution in [0.1, 0.15) is 309 Å². The van der Waals surface area contributed by atoms with Gasteiger partial charge in [-0.15, -0.1) is 0 Å².